The summed E-state index contributed by atoms with van der Waals surface area (Å²) in [7, 11) is 0. The van der Waals surface area contributed by atoms with E-state index in [2.05, 4.69) is 43.4 Å². The molecule has 0 radical (unpaired) electrons. The van der Waals surface area contributed by atoms with E-state index in [1.165, 1.54) is 76.2 Å². The Balaban J connectivity index is 1.21. The van der Waals surface area contributed by atoms with Crippen molar-refractivity contribution in [1.82, 2.24) is 0 Å². The molecule has 2 aliphatic rings. The van der Waals surface area contributed by atoms with Crippen LogP contribution in [0.2, 0.25) is 0 Å². The molecule has 0 atom stereocenters. The second-order valence-corrected chi connectivity index (χ2v) is 11.4. The van der Waals surface area contributed by atoms with E-state index < -0.39 is 0 Å². The Morgan fingerprint density at radius 2 is 1.34 bits per heavy atom. The van der Waals surface area contributed by atoms with Gasteiger partial charge in [-0.3, -0.25) is 0 Å². The van der Waals surface area contributed by atoms with Crippen molar-refractivity contribution in [1.29, 1.82) is 0 Å². The molecule has 0 unspecified atom stereocenters. The van der Waals surface area contributed by atoms with Gasteiger partial charge in [0.25, 0.3) is 0 Å². The molecule has 2 fully saturated rings. The smallest absolute Gasteiger partial charge is 0.134 e. The number of aryl methyl sites for hydroxylation is 2. The summed E-state index contributed by atoms with van der Waals surface area (Å²) < 4.78 is 15.0. The SMILES string of the molecule is C/C=C/CCc1ccc2cc(CCC3CCC(C4CCC(CC/C=C/C)CC4)CC3)ccc2c1F. The zero-order valence-electron chi connectivity index (χ0n) is 22.3. The van der Waals surface area contributed by atoms with Crippen LogP contribution in [0.1, 0.15) is 102 Å². The molecule has 0 N–H and O–H groups in total. The lowest BCUT2D eigenvalue weighted by molar-refractivity contribution is 0.141. The van der Waals surface area contributed by atoms with Crippen molar-refractivity contribution >= 4 is 10.8 Å². The summed E-state index contributed by atoms with van der Waals surface area (Å²) in [5, 5.41) is 1.84. The van der Waals surface area contributed by atoms with Gasteiger partial charge in [0.15, 0.2) is 0 Å². The number of benzene rings is 2. The van der Waals surface area contributed by atoms with Crippen molar-refractivity contribution in [2.24, 2.45) is 23.7 Å². The van der Waals surface area contributed by atoms with E-state index in [-0.39, 0.29) is 5.82 Å². The Morgan fingerprint density at radius 1 is 0.714 bits per heavy atom. The molecule has 35 heavy (non-hydrogen) atoms. The average molecular weight is 475 g/mol. The molecule has 2 saturated carbocycles. The third-order valence-electron chi connectivity index (χ3n) is 9.18. The van der Waals surface area contributed by atoms with Crippen molar-refractivity contribution in [2.75, 3.05) is 0 Å². The lowest BCUT2D eigenvalue weighted by Crippen LogP contribution is -2.26. The van der Waals surface area contributed by atoms with Gasteiger partial charge in [0.05, 0.1) is 0 Å². The van der Waals surface area contributed by atoms with Crippen molar-refractivity contribution < 1.29 is 4.39 Å². The number of hydrogen-bond acceptors (Lipinski definition) is 0. The van der Waals surface area contributed by atoms with Gasteiger partial charge in [0.2, 0.25) is 0 Å². The van der Waals surface area contributed by atoms with Crippen LogP contribution in [0, 0.1) is 29.5 Å². The van der Waals surface area contributed by atoms with Crippen molar-refractivity contribution in [3.63, 3.8) is 0 Å². The molecule has 1 heteroatoms. The van der Waals surface area contributed by atoms with Gasteiger partial charge in [-0.15, -0.1) is 0 Å². The monoisotopic (exact) mass is 474 g/mol. The number of fused-ring (bicyclic) bond motifs is 1. The fourth-order valence-electron chi connectivity index (χ4n) is 6.91. The number of rotatable bonds is 10. The Kier molecular flexibility index (Phi) is 10.0. The van der Waals surface area contributed by atoms with Crippen LogP contribution in [-0.4, -0.2) is 0 Å². The molecule has 0 spiro atoms. The summed E-state index contributed by atoms with van der Waals surface area (Å²) in [6.45, 7) is 4.15. The van der Waals surface area contributed by atoms with E-state index in [9.17, 15) is 4.39 Å². The third-order valence-corrected chi connectivity index (χ3v) is 9.18. The summed E-state index contributed by atoms with van der Waals surface area (Å²) in [5.41, 5.74) is 2.21. The predicted octanol–water partition coefficient (Wildman–Crippen LogP) is 10.4. The number of halogens is 1. The summed E-state index contributed by atoms with van der Waals surface area (Å²) >= 11 is 0. The highest BCUT2D eigenvalue weighted by atomic mass is 19.1. The lowest BCUT2D eigenvalue weighted by Gasteiger charge is -2.38. The molecular weight excluding hydrogens is 427 g/mol. The maximum absolute atomic E-state index is 15.0. The molecule has 2 aromatic carbocycles. The fourth-order valence-corrected chi connectivity index (χ4v) is 6.91. The number of allylic oxidation sites excluding steroid dienone is 4. The molecule has 0 nitrogen and oxygen atoms in total. The van der Waals surface area contributed by atoms with Crippen molar-refractivity contribution in [3.05, 3.63) is 71.6 Å². The fraction of sp³-hybridized carbons (Fsp3) is 0.588. The highest BCUT2D eigenvalue weighted by Gasteiger charge is 2.30. The minimum atomic E-state index is -0.0243. The normalized spacial score (nSPS) is 25.7. The van der Waals surface area contributed by atoms with Crippen LogP contribution < -0.4 is 0 Å². The van der Waals surface area contributed by atoms with E-state index in [4.69, 9.17) is 0 Å². The Morgan fingerprint density at radius 3 is 2.00 bits per heavy atom. The minimum absolute atomic E-state index is 0.0243. The van der Waals surface area contributed by atoms with Gasteiger partial charge in [0.1, 0.15) is 5.82 Å². The zero-order valence-corrected chi connectivity index (χ0v) is 22.3. The Bertz CT molecular complexity index is 967. The number of hydrogen-bond donors (Lipinski definition) is 0. The first-order valence-corrected chi connectivity index (χ1v) is 14.6. The van der Waals surface area contributed by atoms with Crippen LogP contribution in [0.25, 0.3) is 10.8 Å². The maximum Gasteiger partial charge on any atom is 0.134 e. The minimum Gasteiger partial charge on any atom is -0.206 e. The van der Waals surface area contributed by atoms with E-state index in [0.29, 0.717) is 0 Å². The van der Waals surface area contributed by atoms with Crippen LogP contribution in [0.5, 0.6) is 0 Å². The van der Waals surface area contributed by atoms with Gasteiger partial charge in [-0.05, 0) is 118 Å². The molecule has 0 bridgehead atoms. The summed E-state index contributed by atoms with van der Waals surface area (Å²) in [6.07, 6.45) is 27.1. The molecule has 0 amide bonds. The highest BCUT2D eigenvalue weighted by molar-refractivity contribution is 5.84. The lowest BCUT2D eigenvalue weighted by atomic mass is 9.68. The molecule has 0 saturated heterocycles. The molecule has 190 valence electrons. The highest BCUT2D eigenvalue weighted by Crippen LogP contribution is 2.43. The molecule has 0 heterocycles. The average Bonchev–Trinajstić information content (AvgIpc) is 2.90. The van der Waals surface area contributed by atoms with Gasteiger partial charge in [-0.25, -0.2) is 4.39 Å². The van der Waals surface area contributed by atoms with Crippen LogP contribution in [-0.2, 0) is 12.8 Å². The quantitative estimate of drug-likeness (QED) is 0.300. The molecule has 4 rings (SSSR count). The molecular formula is C34H47F. The molecule has 2 aliphatic carbocycles. The van der Waals surface area contributed by atoms with Gasteiger partial charge >= 0.3 is 0 Å². The second kappa shape index (κ2) is 13.4. The molecule has 0 aromatic heterocycles. The van der Waals surface area contributed by atoms with Gasteiger partial charge in [-0.1, -0.05) is 80.3 Å². The van der Waals surface area contributed by atoms with Crippen molar-refractivity contribution in [2.45, 2.75) is 104 Å². The first-order chi connectivity index (χ1) is 17.2. The second-order valence-electron chi connectivity index (χ2n) is 11.4. The van der Waals surface area contributed by atoms with Crippen LogP contribution in [0.4, 0.5) is 4.39 Å². The van der Waals surface area contributed by atoms with E-state index in [1.807, 2.05) is 25.1 Å². The first-order valence-electron chi connectivity index (χ1n) is 14.6. The first kappa shape index (κ1) is 26.2. The van der Waals surface area contributed by atoms with Gasteiger partial charge in [-0.2, -0.15) is 0 Å². The van der Waals surface area contributed by atoms with Crippen LogP contribution in [0.15, 0.2) is 54.6 Å². The largest absolute Gasteiger partial charge is 0.206 e. The summed E-state index contributed by atoms with van der Waals surface area (Å²) in [5.74, 6) is 3.84. The van der Waals surface area contributed by atoms with Crippen molar-refractivity contribution in [3.8, 4) is 0 Å². The van der Waals surface area contributed by atoms with Gasteiger partial charge in [0, 0.05) is 5.39 Å². The van der Waals surface area contributed by atoms with E-state index in [0.717, 1.165) is 59.3 Å². The van der Waals surface area contributed by atoms with E-state index >= 15 is 0 Å². The molecule has 2 aromatic rings. The Labute approximate surface area is 214 Å². The predicted molar refractivity (Wildman–Crippen MR) is 150 cm³/mol. The zero-order chi connectivity index (χ0) is 24.5. The topological polar surface area (TPSA) is 0 Å². The summed E-state index contributed by atoms with van der Waals surface area (Å²) in [4.78, 5) is 0. The van der Waals surface area contributed by atoms with Crippen LogP contribution in [0.3, 0.4) is 0 Å². The standard InChI is InChI=1S/C34H47F/c1-3-5-7-9-26-13-18-29(19-14-26)30-20-15-27(16-21-30)11-12-28-17-24-33-32(25-28)23-22-31(34(33)35)10-8-6-4-2/h3-6,17,22-27,29-30H,7-16,18-21H2,1-2H3/b5-3+,6-4+. The maximum atomic E-state index is 15.0. The molecule has 0 aliphatic heterocycles. The van der Waals surface area contributed by atoms with Crippen LogP contribution >= 0.6 is 0 Å². The van der Waals surface area contributed by atoms with Gasteiger partial charge < -0.3 is 0 Å². The Hall–Kier alpha value is -1.89. The third kappa shape index (κ3) is 7.31. The van der Waals surface area contributed by atoms with E-state index in [1.54, 1.807) is 0 Å². The summed E-state index contributed by atoms with van der Waals surface area (Å²) in [6, 6.07) is 10.5.